The number of urea groups is 1. The molecule has 0 bridgehead atoms. The highest BCUT2D eigenvalue weighted by Gasteiger charge is 2.21. The molecule has 0 saturated carbocycles. The molecule has 0 radical (unpaired) electrons. The number of hydrogen-bond acceptors (Lipinski definition) is 6. The van der Waals surface area contributed by atoms with E-state index in [1.165, 1.54) is 0 Å². The van der Waals surface area contributed by atoms with Gasteiger partial charge in [-0.2, -0.15) is 0 Å². The number of ether oxygens (including phenoxy) is 2. The summed E-state index contributed by atoms with van der Waals surface area (Å²) in [6.07, 6.45) is 3.56. The maximum absolute atomic E-state index is 12.3. The van der Waals surface area contributed by atoms with Crippen molar-refractivity contribution in [2.75, 3.05) is 32.1 Å². The van der Waals surface area contributed by atoms with E-state index in [1.807, 2.05) is 30.1 Å². The zero-order chi connectivity index (χ0) is 20.6. The second kappa shape index (κ2) is 9.88. The second-order valence-corrected chi connectivity index (χ2v) is 6.83. The summed E-state index contributed by atoms with van der Waals surface area (Å²) in [7, 11) is 1.85. The standard InChI is InChI=1S/C21H26N4O4/c1-3-6-17(16-7-4-5-10-22-16)25(2)14-20(26)24-21(27)23-15-8-9-18-19(13-15)29-12-11-28-18/h4-5,7-10,13,17H,3,6,11-12,14H2,1-2H3,(H2,23,24,26,27). The number of carbonyl (C=O) groups excluding carboxylic acids is 2. The fourth-order valence-electron chi connectivity index (χ4n) is 3.23. The van der Waals surface area contributed by atoms with E-state index < -0.39 is 6.03 Å². The van der Waals surface area contributed by atoms with Crippen molar-refractivity contribution < 1.29 is 19.1 Å². The van der Waals surface area contributed by atoms with Crippen molar-refractivity contribution in [1.82, 2.24) is 15.2 Å². The molecular formula is C21H26N4O4. The van der Waals surface area contributed by atoms with Crippen LogP contribution in [0.1, 0.15) is 31.5 Å². The average Bonchev–Trinajstić information content (AvgIpc) is 2.72. The molecule has 0 fully saturated rings. The second-order valence-electron chi connectivity index (χ2n) is 6.83. The van der Waals surface area contributed by atoms with Gasteiger partial charge in [0.05, 0.1) is 18.3 Å². The molecule has 2 heterocycles. The van der Waals surface area contributed by atoms with Crippen molar-refractivity contribution in [3.63, 3.8) is 0 Å². The number of rotatable bonds is 7. The minimum atomic E-state index is -0.593. The molecule has 2 N–H and O–H groups in total. The van der Waals surface area contributed by atoms with Gasteiger partial charge in [-0.15, -0.1) is 0 Å². The minimum absolute atomic E-state index is 0.00723. The minimum Gasteiger partial charge on any atom is -0.486 e. The van der Waals surface area contributed by atoms with Crippen LogP contribution in [0.25, 0.3) is 0 Å². The van der Waals surface area contributed by atoms with Crippen LogP contribution in [-0.2, 0) is 4.79 Å². The predicted octanol–water partition coefficient (Wildman–Crippen LogP) is 2.97. The molecule has 3 amide bonds. The highest BCUT2D eigenvalue weighted by Crippen LogP contribution is 2.32. The molecule has 1 aliphatic rings. The van der Waals surface area contributed by atoms with Crippen molar-refractivity contribution >= 4 is 17.6 Å². The third-order valence-corrected chi connectivity index (χ3v) is 4.57. The number of nitrogens with one attached hydrogen (secondary N) is 2. The van der Waals surface area contributed by atoms with E-state index >= 15 is 0 Å². The highest BCUT2D eigenvalue weighted by molar-refractivity contribution is 6.01. The van der Waals surface area contributed by atoms with E-state index in [1.54, 1.807) is 24.4 Å². The zero-order valence-corrected chi connectivity index (χ0v) is 16.7. The van der Waals surface area contributed by atoms with Gasteiger partial charge in [-0.05, 0) is 37.7 Å². The van der Waals surface area contributed by atoms with Crippen LogP contribution in [-0.4, -0.2) is 48.6 Å². The summed E-state index contributed by atoms with van der Waals surface area (Å²) in [6.45, 7) is 3.13. The fourth-order valence-corrected chi connectivity index (χ4v) is 3.23. The Morgan fingerprint density at radius 2 is 1.97 bits per heavy atom. The van der Waals surface area contributed by atoms with Gasteiger partial charge in [0, 0.05) is 18.0 Å². The first kappa shape index (κ1) is 20.6. The van der Waals surface area contributed by atoms with Crippen molar-refractivity contribution in [3.8, 4) is 11.5 Å². The number of hydrogen-bond donors (Lipinski definition) is 2. The van der Waals surface area contributed by atoms with Crippen LogP contribution in [0.2, 0.25) is 0 Å². The lowest BCUT2D eigenvalue weighted by Gasteiger charge is -2.26. The van der Waals surface area contributed by atoms with Crippen molar-refractivity contribution in [2.45, 2.75) is 25.8 Å². The molecule has 1 aromatic carbocycles. The summed E-state index contributed by atoms with van der Waals surface area (Å²) in [5.74, 6) is 0.814. The number of amides is 3. The van der Waals surface area contributed by atoms with Crippen LogP contribution in [0.15, 0.2) is 42.6 Å². The van der Waals surface area contributed by atoms with Crippen LogP contribution in [0.4, 0.5) is 10.5 Å². The molecule has 8 heteroatoms. The van der Waals surface area contributed by atoms with Gasteiger partial charge in [-0.25, -0.2) is 4.79 Å². The Hall–Kier alpha value is -3.13. The van der Waals surface area contributed by atoms with E-state index in [-0.39, 0.29) is 18.5 Å². The number of nitrogens with zero attached hydrogens (tertiary/aromatic N) is 2. The Morgan fingerprint density at radius 1 is 1.17 bits per heavy atom. The van der Waals surface area contributed by atoms with Gasteiger partial charge in [0.15, 0.2) is 11.5 Å². The Labute approximate surface area is 170 Å². The van der Waals surface area contributed by atoms with Crippen molar-refractivity contribution in [3.05, 3.63) is 48.3 Å². The number of benzene rings is 1. The monoisotopic (exact) mass is 398 g/mol. The molecule has 29 heavy (non-hydrogen) atoms. The van der Waals surface area contributed by atoms with Crippen LogP contribution >= 0.6 is 0 Å². The molecule has 1 unspecified atom stereocenters. The van der Waals surface area contributed by atoms with E-state index in [4.69, 9.17) is 9.47 Å². The summed E-state index contributed by atoms with van der Waals surface area (Å²) in [6, 6.07) is 10.2. The number of pyridine rings is 1. The smallest absolute Gasteiger partial charge is 0.325 e. The number of fused-ring (bicyclic) bond motifs is 1. The summed E-state index contributed by atoms with van der Waals surface area (Å²) in [5.41, 5.74) is 1.43. The molecule has 1 aromatic heterocycles. The number of aromatic nitrogens is 1. The Morgan fingerprint density at radius 3 is 2.69 bits per heavy atom. The number of likely N-dealkylation sites (N-methyl/N-ethyl adjacent to an activating group) is 1. The lowest BCUT2D eigenvalue weighted by atomic mass is 10.1. The van der Waals surface area contributed by atoms with Gasteiger partial charge in [-0.3, -0.25) is 20.0 Å². The van der Waals surface area contributed by atoms with Crippen LogP contribution in [0.5, 0.6) is 11.5 Å². The van der Waals surface area contributed by atoms with Crippen molar-refractivity contribution in [2.24, 2.45) is 0 Å². The van der Waals surface area contributed by atoms with Crippen LogP contribution in [0.3, 0.4) is 0 Å². The van der Waals surface area contributed by atoms with Gasteiger partial charge < -0.3 is 14.8 Å². The third kappa shape index (κ3) is 5.68. The van der Waals surface area contributed by atoms with E-state index in [9.17, 15) is 9.59 Å². The normalized spacial score (nSPS) is 13.6. The zero-order valence-electron chi connectivity index (χ0n) is 16.7. The van der Waals surface area contributed by atoms with Gasteiger partial charge in [0.2, 0.25) is 5.91 Å². The van der Waals surface area contributed by atoms with E-state index in [2.05, 4.69) is 22.5 Å². The van der Waals surface area contributed by atoms with Gasteiger partial charge in [-0.1, -0.05) is 19.4 Å². The summed E-state index contributed by atoms with van der Waals surface area (Å²) >= 11 is 0. The molecular weight excluding hydrogens is 372 g/mol. The first-order chi connectivity index (χ1) is 14.1. The van der Waals surface area contributed by atoms with E-state index in [0.29, 0.717) is 30.4 Å². The lowest BCUT2D eigenvalue weighted by Crippen LogP contribution is -2.41. The summed E-state index contributed by atoms with van der Waals surface area (Å²) in [4.78, 5) is 30.8. The first-order valence-electron chi connectivity index (χ1n) is 9.68. The van der Waals surface area contributed by atoms with E-state index in [0.717, 1.165) is 18.5 Å². The molecule has 1 atom stereocenters. The Balaban J connectivity index is 1.54. The van der Waals surface area contributed by atoms with Crippen LogP contribution < -0.4 is 20.1 Å². The van der Waals surface area contributed by atoms with Gasteiger partial charge in [0.25, 0.3) is 0 Å². The van der Waals surface area contributed by atoms with Crippen LogP contribution in [0, 0.1) is 0 Å². The first-order valence-corrected chi connectivity index (χ1v) is 9.68. The highest BCUT2D eigenvalue weighted by atomic mass is 16.6. The summed E-state index contributed by atoms with van der Waals surface area (Å²) < 4.78 is 10.9. The predicted molar refractivity (Wildman–Crippen MR) is 109 cm³/mol. The topological polar surface area (TPSA) is 92.8 Å². The maximum Gasteiger partial charge on any atom is 0.325 e. The maximum atomic E-state index is 12.3. The molecule has 3 rings (SSSR count). The SMILES string of the molecule is CCCC(c1ccccn1)N(C)CC(=O)NC(=O)Nc1ccc2c(c1)OCCO2. The molecule has 1 aliphatic heterocycles. The Bertz CT molecular complexity index is 844. The molecule has 0 saturated heterocycles. The number of carbonyl (C=O) groups is 2. The lowest BCUT2D eigenvalue weighted by molar-refractivity contribution is -0.121. The largest absolute Gasteiger partial charge is 0.486 e. The Kier molecular flexibility index (Phi) is 7.02. The third-order valence-electron chi connectivity index (χ3n) is 4.57. The number of imide groups is 1. The average molecular weight is 398 g/mol. The molecule has 8 nitrogen and oxygen atoms in total. The van der Waals surface area contributed by atoms with Crippen molar-refractivity contribution in [1.29, 1.82) is 0 Å². The number of anilines is 1. The van der Waals surface area contributed by atoms with Gasteiger partial charge in [0.1, 0.15) is 13.2 Å². The van der Waals surface area contributed by atoms with Gasteiger partial charge >= 0.3 is 6.03 Å². The molecule has 154 valence electrons. The molecule has 0 spiro atoms. The summed E-state index contributed by atoms with van der Waals surface area (Å²) in [5, 5.41) is 5.01. The molecule has 2 aromatic rings. The quantitative estimate of drug-likeness (QED) is 0.745. The fraction of sp³-hybridized carbons (Fsp3) is 0.381. The molecule has 0 aliphatic carbocycles.